The van der Waals surface area contributed by atoms with Gasteiger partial charge in [0.2, 0.25) is 0 Å². The van der Waals surface area contributed by atoms with Crippen LogP contribution in [0.2, 0.25) is 10.0 Å². The zero-order chi connectivity index (χ0) is 13.1. The minimum Gasteiger partial charge on any atom is -0.306 e. The first-order valence-electron chi connectivity index (χ1n) is 5.53. The van der Waals surface area contributed by atoms with Gasteiger partial charge < -0.3 is 5.32 Å². The first kappa shape index (κ1) is 14.4. The van der Waals surface area contributed by atoms with Crippen molar-refractivity contribution < 1.29 is 0 Å². The first-order chi connectivity index (χ1) is 8.63. The molecule has 1 N–H and O–H groups in total. The molecule has 1 aromatic carbocycles. The van der Waals surface area contributed by atoms with E-state index in [1.807, 2.05) is 12.1 Å². The Kier molecular flexibility index (Phi) is 5.10. The van der Waals surface area contributed by atoms with Gasteiger partial charge in [-0.1, -0.05) is 36.2 Å². The molecule has 2 aromatic rings. The average Bonchev–Trinajstić information content (AvgIpc) is 2.73. The first-order valence-corrected chi connectivity index (χ1v) is 8.02. The van der Waals surface area contributed by atoms with Crippen molar-refractivity contribution in [2.45, 2.75) is 13.0 Å². The number of thiophene rings is 1. The highest BCUT2D eigenvalue weighted by molar-refractivity contribution is 9.10. The molecule has 0 bridgehead atoms. The third-order valence-electron chi connectivity index (χ3n) is 2.64. The fourth-order valence-corrected chi connectivity index (χ4v) is 3.89. The maximum atomic E-state index is 6.29. The van der Waals surface area contributed by atoms with Crippen molar-refractivity contribution in [1.82, 2.24) is 5.32 Å². The molecule has 0 saturated carbocycles. The third kappa shape index (κ3) is 3.09. The highest BCUT2D eigenvalue weighted by Gasteiger charge is 2.19. The molecule has 1 heterocycles. The molecule has 2 rings (SSSR count). The molecular weight excluding hydrogens is 353 g/mol. The molecule has 5 heteroatoms. The van der Waals surface area contributed by atoms with Gasteiger partial charge in [-0.2, -0.15) is 11.3 Å². The predicted octanol–water partition coefficient (Wildman–Crippen LogP) is 5.52. The lowest BCUT2D eigenvalue weighted by molar-refractivity contribution is 0.630. The number of benzene rings is 1. The van der Waals surface area contributed by atoms with E-state index in [1.165, 1.54) is 5.56 Å². The number of hydrogen-bond acceptors (Lipinski definition) is 2. The average molecular weight is 365 g/mol. The molecule has 96 valence electrons. The number of nitrogens with one attached hydrogen (secondary N) is 1. The monoisotopic (exact) mass is 363 g/mol. The predicted molar refractivity (Wildman–Crippen MR) is 84.0 cm³/mol. The quantitative estimate of drug-likeness (QED) is 0.753. The summed E-state index contributed by atoms with van der Waals surface area (Å²) in [5.74, 6) is 0. The molecule has 1 aromatic heterocycles. The molecule has 1 unspecified atom stereocenters. The zero-order valence-electron chi connectivity index (χ0n) is 9.71. The van der Waals surface area contributed by atoms with E-state index < -0.39 is 0 Å². The van der Waals surface area contributed by atoms with Crippen LogP contribution in [-0.2, 0) is 0 Å². The van der Waals surface area contributed by atoms with Crippen LogP contribution in [0.15, 0.2) is 33.4 Å². The standard InChI is InChI=1S/C13H12BrCl2NS/c1-2-17-13(10-6-18-7-11(10)14)9-4-3-8(15)5-12(9)16/h3-7,13,17H,2H2,1H3. The Morgan fingerprint density at radius 3 is 2.61 bits per heavy atom. The Balaban J connectivity index is 2.45. The lowest BCUT2D eigenvalue weighted by Gasteiger charge is -2.19. The minimum atomic E-state index is 0.0837. The summed E-state index contributed by atoms with van der Waals surface area (Å²) in [5.41, 5.74) is 2.24. The SMILES string of the molecule is CCNC(c1ccc(Cl)cc1Cl)c1cscc1Br. The Morgan fingerprint density at radius 1 is 1.28 bits per heavy atom. The Morgan fingerprint density at radius 2 is 2.06 bits per heavy atom. The summed E-state index contributed by atoms with van der Waals surface area (Å²) in [5, 5.41) is 8.99. The summed E-state index contributed by atoms with van der Waals surface area (Å²) < 4.78 is 1.10. The van der Waals surface area contributed by atoms with Crippen LogP contribution in [-0.4, -0.2) is 6.54 Å². The summed E-state index contributed by atoms with van der Waals surface area (Å²) in [6.07, 6.45) is 0. The number of rotatable bonds is 4. The lowest BCUT2D eigenvalue weighted by atomic mass is 10.0. The van der Waals surface area contributed by atoms with Crippen molar-refractivity contribution in [3.05, 3.63) is 54.6 Å². The van der Waals surface area contributed by atoms with E-state index in [0.717, 1.165) is 16.6 Å². The maximum absolute atomic E-state index is 6.29. The van der Waals surface area contributed by atoms with Crippen molar-refractivity contribution in [1.29, 1.82) is 0 Å². The van der Waals surface area contributed by atoms with Gasteiger partial charge in [0.05, 0.1) is 6.04 Å². The minimum absolute atomic E-state index is 0.0837. The van der Waals surface area contributed by atoms with E-state index in [-0.39, 0.29) is 6.04 Å². The van der Waals surface area contributed by atoms with Crippen molar-refractivity contribution >= 4 is 50.5 Å². The second-order valence-electron chi connectivity index (χ2n) is 3.83. The topological polar surface area (TPSA) is 12.0 Å². The van der Waals surface area contributed by atoms with Gasteiger partial charge >= 0.3 is 0 Å². The molecule has 0 spiro atoms. The molecular formula is C13H12BrCl2NS. The van der Waals surface area contributed by atoms with Crippen LogP contribution in [0, 0.1) is 0 Å². The van der Waals surface area contributed by atoms with Crippen LogP contribution in [0.3, 0.4) is 0 Å². The van der Waals surface area contributed by atoms with E-state index in [2.05, 4.69) is 38.9 Å². The summed E-state index contributed by atoms with van der Waals surface area (Å²) in [4.78, 5) is 0. The maximum Gasteiger partial charge on any atom is 0.0610 e. The van der Waals surface area contributed by atoms with E-state index in [9.17, 15) is 0 Å². The van der Waals surface area contributed by atoms with Crippen LogP contribution >= 0.6 is 50.5 Å². The molecule has 0 aliphatic heterocycles. The molecule has 1 atom stereocenters. The van der Waals surface area contributed by atoms with E-state index in [0.29, 0.717) is 10.0 Å². The second kappa shape index (κ2) is 6.40. The Labute approximate surface area is 129 Å². The van der Waals surface area contributed by atoms with Crippen molar-refractivity contribution in [2.24, 2.45) is 0 Å². The van der Waals surface area contributed by atoms with Gasteiger partial charge in [-0.05, 0) is 51.1 Å². The van der Waals surface area contributed by atoms with Gasteiger partial charge in [-0.15, -0.1) is 0 Å². The summed E-state index contributed by atoms with van der Waals surface area (Å²) >= 11 is 17.5. The number of hydrogen-bond donors (Lipinski definition) is 1. The molecule has 0 saturated heterocycles. The molecule has 0 aliphatic rings. The van der Waals surface area contributed by atoms with Gasteiger partial charge in [0.25, 0.3) is 0 Å². The van der Waals surface area contributed by atoms with Gasteiger partial charge in [0, 0.05) is 19.9 Å². The van der Waals surface area contributed by atoms with Gasteiger partial charge in [0.15, 0.2) is 0 Å². The molecule has 0 radical (unpaired) electrons. The molecule has 1 nitrogen and oxygen atoms in total. The fraction of sp³-hybridized carbons (Fsp3) is 0.231. The van der Waals surface area contributed by atoms with E-state index >= 15 is 0 Å². The van der Waals surface area contributed by atoms with Crippen LogP contribution in [0.4, 0.5) is 0 Å². The van der Waals surface area contributed by atoms with Crippen LogP contribution in [0.5, 0.6) is 0 Å². The Bertz CT molecular complexity index is 542. The van der Waals surface area contributed by atoms with Gasteiger partial charge in [-0.3, -0.25) is 0 Å². The third-order valence-corrected chi connectivity index (χ3v) is 4.95. The highest BCUT2D eigenvalue weighted by Crippen LogP contribution is 2.35. The zero-order valence-corrected chi connectivity index (χ0v) is 13.6. The molecule has 18 heavy (non-hydrogen) atoms. The second-order valence-corrected chi connectivity index (χ2v) is 6.27. The van der Waals surface area contributed by atoms with E-state index in [4.69, 9.17) is 23.2 Å². The van der Waals surface area contributed by atoms with Gasteiger partial charge in [-0.25, -0.2) is 0 Å². The van der Waals surface area contributed by atoms with E-state index in [1.54, 1.807) is 17.4 Å². The highest BCUT2D eigenvalue weighted by atomic mass is 79.9. The summed E-state index contributed by atoms with van der Waals surface area (Å²) in [6.45, 7) is 2.95. The lowest BCUT2D eigenvalue weighted by Crippen LogP contribution is -2.22. The largest absolute Gasteiger partial charge is 0.306 e. The normalized spacial score (nSPS) is 12.7. The molecule has 0 fully saturated rings. The van der Waals surface area contributed by atoms with Crippen LogP contribution < -0.4 is 5.32 Å². The smallest absolute Gasteiger partial charge is 0.0610 e. The van der Waals surface area contributed by atoms with Gasteiger partial charge in [0.1, 0.15) is 0 Å². The summed E-state index contributed by atoms with van der Waals surface area (Å²) in [7, 11) is 0. The number of halogens is 3. The van der Waals surface area contributed by atoms with Crippen LogP contribution in [0.1, 0.15) is 24.1 Å². The fourth-order valence-electron chi connectivity index (χ4n) is 1.82. The van der Waals surface area contributed by atoms with Crippen molar-refractivity contribution in [3.63, 3.8) is 0 Å². The van der Waals surface area contributed by atoms with Crippen molar-refractivity contribution in [2.75, 3.05) is 6.54 Å². The molecule has 0 aliphatic carbocycles. The Hall–Kier alpha value is -0.0600. The van der Waals surface area contributed by atoms with Crippen LogP contribution in [0.25, 0.3) is 0 Å². The molecule has 0 amide bonds. The van der Waals surface area contributed by atoms with Crippen molar-refractivity contribution in [3.8, 4) is 0 Å². The summed E-state index contributed by atoms with van der Waals surface area (Å²) in [6, 6.07) is 5.71.